The van der Waals surface area contributed by atoms with Crippen molar-refractivity contribution in [2.45, 2.75) is 27.2 Å². The standard InChI is InChI=1S/C18H19N3O/c1-4-14-7-5-6-12(2)17(14)20-18(22)15-8-9-21-11-13(3)19-16(21)10-15/h5-11H,4H2,1-3H3,(H,20,22). The van der Waals surface area contributed by atoms with Crippen LogP contribution in [0.2, 0.25) is 0 Å². The molecule has 4 heteroatoms. The van der Waals surface area contributed by atoms with Gasteiger partial charge in [0.2, 0.25) is 0 Å². The molecule has 3 rings (SSSR count). The minimum Gasteiger partial charge on any atom is -0.321 e. The zero-order valence-corrected chi connectivity index (χ0v) is 13.1. The Morgan fingerprint density at radius 3 is 2.86 bits per heavy atom. The van der Waals surface area contributed by atoms with Crippen LogP contribution in [0.25, 0.3) is 5.65 Å². The first-order valence-corrected chi connectivity index (χ1v) is 7.43. The lowest BCUT2D eigenvalue weighted by molar-refractivity contribution is 0.102. The Morgan fingerprint density at radius 2 is 2.09 bits per heavy atom. The highest BCUT2D eigenvalue weighted by Gasteiger charge is 2.11. The fraction of sp³-hybridized carbons (Fsp3) is 0.222. The third-order valence-electron chi connectivity index (χ3n) is 3.82. The molecule has 112 valence electrons. The van der Waals surface area contributed by atoms with Crippen LogP contribution in [0, 0.1) is 13.8 Å². The first kappa shape index (κ1) is 14.3. The molecule has 0 saturated carbocycles. The van der Waals surface area contributed by atoms with Gasteiger partial charge < -0.3 is 9.72 Å². The molecule has 0 bridgehead atoms. The first-order valence-electron chi connectivity index (χ1n) is 7.43. The Kier molecular flexibility index (Phi) is 3.67. The summed E-state index contributed by atoms with van der Waals surface area (Å²) in [6.45, 7) is 6.04. The number of nitrogens with one attached hydrogen (secondary N) is 1. The predicted octanol–water partition coefficient (Wildman–Crippen LogP) is 3.77. The van der Waals surface area contributed by atoms with Crippen LogP contribution in [0.1, 0.15) is 34.1 Å². The average molecular weight is 293 g/mol. The van der Waals surface area contributed by atoms with Crippen molar-refractivity contribution in [1.29, 1.82) is 0 Å². The van der Waals surface area contributed by atoms with Crippen LogP contribution in [0.4, 0.5) is 5.69 Å². The molecule has 0 aliphatic carbocycles. The summed E-state index contributed by atoms with van der Waals surface area (Å²) in [5.41, 5.74) is 5.46. The number of aromatic nitrogens is 2. The Balaban J connectivity index is 1.93. The molecule has 4 nitrogen and oxygen atoms in total. The largest absolute Gasteiger partial charge is 0.321 e. The maximum absolute atomic E-state index is 12.5. The van der Waals surface area contributed by atoms with E-state index < -0.39 is 0 Å². The highest BCUT2D eigenvalue weighted by atomic mass is 16.1. The summed E-state index contributed by atoms with van der Waals surface area (Å²) >= 11 is 0. The van der Waals surface area contributed by atoms with Gasteiger partial charge in [-0.1, -0.05) is 25.1 Å². The lowest BCUT2D eigenvalue weighted by Crippen LogP contribution is -2.14. The number of aryl methyl sites for hydroxylation is 3. The molecule has 0 fully saturated rings. The number of anilines is 1. The number of amides is 1. The van der Waals surface area contributed by atoms with Crippen LogP contribution in [0.15, 0.2) is 42.7 Å². The number of benzene rings is 1. The normalized spacial score (nSPS) is 10.9. The number of nitrogens with zero attached hydrogens (tertiary/aromatic N) is 2. The van der Waals surface area contributed by atoms with Gasteiger partial charge >= 0.3 is 0 Å². The average Bonchev–Trinajstić information content (AvgIpc) is 2.88. The zero-order chi connectivity index (χ0) is 15.7. The van der Waals surface area contributed by atoms with Gasteiger partial charge in [-0.25, -0.2) is 4.98 Å². The molecule has 0 atom stereocenters. The van der Waals surface area contributed by atoms with Crippen molar-refractivity contribution in [1.82, 2.24) is 9.38 Å². The van der Waals surface area contributed by atoms with Gasteiger partial charge in [-0.2, -0.15) is 0 Å². The molecule has 22 heavy (non-hydrogen) atoms. The van der Waals surface area contributed by atoms with E-state index in [0.717, 1.165) is 34.6 Å². The number of imidazole rings is 1. The van der Waals surface area contributed by atoms with Gasteiger partial charge in [0.15, 0.2) is 0 Å². The van der Waals surface area contributed by atoms with Gasteiger partial charge in [-0.15, -0.1) is 0 Å². The summed E-state index contributed by atoms with van der Waals surface area (Å²) < 4.78 is 1.91. The van der Waals surface area contributed by atoms with Crippen LogP contribution in [0.3, 0.4) is 0 Å². The molecular formula is C18H19N3O. The van der Waals surface area contributed by atoms with Gasteiger partial charge in [-0.3, -0.25) is 4.79 Å². The highest BCUT2D eigenvalue weighted by Crippen LogP contribution is 2.22. The molecule has 0 saturated heterocycles. The lowest BCUT2D eigenvalue weighted by Gasteiger charge is -2.13. The molecule has 2 aromatic heterocycles. The molecule has 2 heterocycles. The Labute approximate surface area is 129 Å². The number of fused-ring (bicyclic) bond motifs is 1. The number of para-hydroxylation sites is 1. The first-order chi connectivity index (χ1) is 10.6. The fourth-order valence-corrected chi connectivity index (χ4v) is 2.64. The minimum absolute atomic E-state index is 0.104. The van der Waals surface area contributed by atoms with E-state index in [0.29, 0.717) is 5.56 Å². The second kappa shape index (κ2) is 5.64. The van der Waals surface area contributed by atoms with Gasteiger partial charge in [0.25, 0.3) is 5.91 Å². The Hall–Kier alpha value is -2.62. The summed E-state index contributed by atoms with van der Waals surface area (Å²) in [5.74, 6) is -0.104. The van der Waals surface area contributed by atoms with E-state index in [4.69, 9.17) is 0 Å². The number of carbonyl (C=O) groups is 1. The van der Waals surface area contributed by atoms with Gasteiger partial charge in [0, 0.05) is 23.6 Å². The number of rotatable bonds is 3. The topological polar surface area (TPSA) is 46.4 Å². The van der Waals surface area contributed by atoms with Gasteiger partial charge in [0.1, 0.15) is 5.65 Å². The number of pyridine rings is 1. The second-order valence-electron chi connectivity index (χ2n) is 5.48. The molecule has 1 amide bonds. The van der Waals surface area contributed by atoms with E-state index in [9.17, 15) is 4.79 Å². The van der Waals surface area contributed by atoms with Crippen molar-refractivity contribution in [3.8, 4) is 0 Å². The summed E-state index contributed by atoms with van der Waals surface area (Å²) in [6, 6.07) is 9.70. The van der Waals surface area contributed by atoms with Crippen molar-refractivity contribution >= 4 is 17.2 Å². The van der Waals surface area contributed by atoms with E-state index in [1.54, 1.807) is 0 Å². The van der Waals surface area contributed by atoms with Crippen LogP contribution in [-0.2, 0) is 6.42 Å². The summed E-state index contributed by atoms with van der Waals surface area (Å²) in [5, 5.41) is 3.04. The number of carbonyl (C=O) groups excluding carboxylic acids is 1. The highest BCUT2D eigenvalue weighted by molar-refractivity contribution is 6.05. The second-order valence-corrected chi connectivity index (χ2v) is 5.48. The summed E-state index contributed by atoms with van der Waals surface area (Å²) in [4.78, 5) is 16.9. The molecule has 1 aromatic carbocycles. The smallest absolute Gasteiger partial charge is 0.255 e. The third-order valence-corrected chi connectivity index (χ3v) is 3.82. The van der Waals surface area contributed by atoms with Crippen molar-refractivity contribution in [2.24, 2.45) is 0 Å². The van der Waals surface area contributed by atoms with E-state index in [-0.39, 0.29) is 5.91 Å². The predicted molar refractivity (Wildman–Crippen MR) is 88.4 cm³/mol. The van der Waals surface area contributed by atoms with E-state index in [1.165, 1.54) is 0 Å². The Bertz CT molecular complexity index is 849. The Morgan fingerprint density at radius 1 is 1.27 bits per heavy atom. The van der Waals surface area contributed by atoms with E-state index in [1.807, 2.05) is 61.0 Å². The van der Waals surface area contributed by atoms with Crippen LogP contribution >= 0.6 is 0 Å². The molecule has 3 aromatic rings. The maximum atomic E-state index is 12.5. The zero-order valence-electron chi connectivity index (χ0n) is 13.1. The fourth-order valence-electron chi connectivity index (χ4n) is 2.64. The van der Waals surface area contributed by atoms with Crippen LogP contribution in [-0.4, -0.2) is 15.3 Å². The molecule has 0 unspecified atom stereocenters. The van der Waals surface area contributed by atoms with Gasteiger partial charge in [-0.05, 0) is 43.5 Å². The summed E-state index contributed by atoms with van der Waals surface area (Å²) in [7, 11) is 0. The quantitative estimate of drug-likeness (QED) is 0.799. The lowest BCUT2D eigenvalue weighted by atomic mass is 10.1. The van der Waals surface area contributed by atoms with E-state index in [2.05, 4.69) is 17.2 Å². The van der Waals surface area contributed by atoms with Crippen LogP contribution < -0.4 is 5.32 Å². The maximum Gasteiger partial charge on any atom is 0.255 e. The summed E-state index contributed by atoms with van der Waals surface area (Å²) in [6.07, 6.45) is 4.69. The minimum atomic E-state index is -0.104. The van der Waals surface area contributed by atoms with Crippen molar-refractivity contribution in [2.75, 3.05) is 5.32 Å². The van der Waals surface area contributed by atoms with Gasteiger partial charge in [0.05, 0.1) is 5.69 Å². The SMILES string of the molecule is CCc1cccc(C)c1NC(=O)c1ccn2cc(C)nc2c1. The molecule has 0 spiro atoms. The molecule has 0 aliphatic rings. The van der Waals surface area contributed by atoms with Crippen molar-refractivity contribution < 1.29 is 4.79 Å². The van der Waals surface area contributed by atoms with E-state index >= 15 is 0 Å². The van der Waals surface area contributed by atoms with Crippen molar-refractivity contribution in [3.05, 3.63) is 65.1 Å². The number of hydrogen-bond acceptors (Lipinski definition) is 2. The molecule has 0 aliphatic heterocycles. The molecule has 0 radical (unpaired) electrons. The third kappa shape index (κ3) is 2.60. The molecule has 1 N–H and O–H groups in total. The number of hydrogen-bond donors (Lipinski definition) is 1. The van der Waals surface area contributed by atoms with Crippen LogP contribution in [0.5, 0.6) is 0 Å². The molecular weight excluding hydrogens is 274 g/mol. The van der Waals surface area contributed by atoms with Crippen molar-refractivity contribution in [3.63, 3.8) is 0 Å². The monoisotopic (exact) mass is 293 g/mol.